The number of aliphatic carboxylic acids is 1. The van der Waals surface area contributed by atoms with E-state index < -0.39 is 12.0 Å². The van der Waals surface area contributed by atoms with Gasteiger partial charge in [0.05, 0.1) is 5.69 Å². The highest BCUT2D eigenvalue weighted by molar-refractivity contribution is 5.84. The van der Waals surface area contributed by atoms with Crippen LogP contribution in [-0.4, -0.2) is 43.7 Å². The number of aromatic nitrogens is 2. The second-order valence-electron chi connectivity index (χ2n) is 6.59. The first-order chi connectivity index (χ1) is 10.5. The molecule has 1 aromatic rings. The van der Waals surface area contributed by atoms with Gasteiger partial charge in [0.15, 0.2) is 0 Å². The smallest absolute Gasteiger partial charge is 0.326 e. The molecule has 1 aliphatic carbocycles. The predicted octanol–water partition coefficient (Wildman–Crippen LogP) is 1.74. The molecule has 1 aromatic heterocycles. The topological polar surface area (TPSA) is 75.4 Å². The maximum absolute atomic E-state index is 12.7. The summed E-state index contributed by atoms with van der Waals surface area (Å²) in [6.07, 6.45) is 4.79. The van der Waals surface area contributed by atoms with Gasteiger partial charge in [-0.1, -0.05) is 12.8 Å². The van der Waals surface area contributed by atoms with Gasteiger partial charge in [0.2, 0.25) is 5.91 Å². The number of likely N-dealkylation sites (tertiary alicyclic amines) is 1. The molecule has 0 bridgehead atoms. The number of hydrogen-bond donors (Lipinski definition) is 1. The van der Waals surface area contributed by atoms with Gasteiger partial charge in [-0.25, -0.2) is 4.79 Å². The highest BCUT2D eigenvalue weighted by Crippen LogP contribution is 2.39. The number of carbonyl (C=O) groups is 2. The number of carboxylic acids is 1. The van der Waals surface area contributed by atoms with Gasteiger partial charge in [-0.05, 0) is 45.1 Å². The maximum atomic E-state index is 12.7. The van der Waals surface area contributed by atoms with Gasteiger partial charge in [0.25, 0.3) is 0 Å². The SMILES string of the molecule is Cc1cc(C)n(CC(=O)N2C(C(=O)O)CC3CCCCC32)n1. The second kappa shape index (κ2) is 5.74. The van der Waals surface area contributed by atoms with Crippen molar-refractivity contribution in [3.63, 3.8) is 0 Å². The molecule has 0 spiro atoms. The summed E-state index contributed by atoms with van der Waals surface area (Å²) in [6.45, 7) is 3.93. The Morgan fingerprint density at radius 1 is 1.32 bits per heavy atom. The molecule has 2 fully saturated rings. The molecule has 3 rings (SSSR count). The first-order valence-electron chi connectivity index (χ1n) is 8.02. The van der Waals surface area contributed by atoms with Gasteiger partial charge >= 0.3 is 5.97 Å². The van der Waals surface area contributed by atoms with Gasteiger partial charge in [-0.3, -0.25) is 9.48 Å². The zero-order valence-electron chi connectivity index (χ0n) is 13.2. The lowest BCUT2D eigenvalue weighted by molar-refractivity contribution is -0.150. The molecule has 1 aliphatic heterocycles. The van der Waals surface area contributed by atoms with E-state index in [0.717, 1.165) is 37.1 Å². The number of nitrogens with zero attached hydrogens (tertiary/aromatic N) is 3. The summed E-state index contributed by atoms with van der Waals surface area (Å²) >= 11 is 0. The van der Waals surface area contributed by atoms with Crippen molar-refractivity contribution in [2.75, 3.05) is 0 Å². The lowest BCUT2D eigenvalue weighted by atomic mass is 9.85. The van der Waals surface area contributed by atoms with Crippen molar-refractivity contribution in [3.05, 3.63) is 17.5 Å². The average Bonchev–Trinajstić information content (AvgIpc) is 2.99. The molecule has 3 unspecified atom stereocenters. The molecule has 22 heavy (non-hydrogen) atoms. The van der Waals surface area contributed by atoms with Crippen molar-refractivity contribution in [1.82, 2.24) is 14.7 Å². The highest BCUT2D eigenvalue weighted by atomic mass is 16.4. The molecule has 3 atom stereocenters. The molecule has 1 N–H and O–H groups in total. The van der Waals surface area contributed by atoms with Gasteiger partial charge < -0.3 is 10.0 Å². The number of hydrogen-bond acceptors (Lipinski definition) is 3. The number of amides is 1. The maximum Gasteiger partial charge on any atom is 0.326 e. The van der Waals surface area contributed by atoms with E-state index in [1.54, 1.807) is 9.58 Å². The van der Waals surface area contributed by atoms with Gasteiger partial charge in [0, 0.05) is 11.7 Å². The minimum absolute atomic E-state index is 0.0966. The molecule has 2 aliphatic rings. The minimum atomic E-state index is -0.879. The van der Waals surface area contributed by atoms with E-state index in [2.05, 4.69) is 5.10 Å². The number of aryl methyl sites for hydroxylation is 2. The Morgan fingerprint density at radius 2 is 2.05 bits per heavy atom. The summed E-state index contributed by atoms with van der Waals surface area (Å²) in [5.41, 5.74) is 1.80. The number of carbonyl (C=O) groups excluding carboxylic acids is 1. The summed E-state index contributed by atoms with van der Waals surface area (Å²) < 4.78 is 1.67. The molecule has 1 saturated carbocycles. The standard InChI is InChI=1S/C16H23N3O3/c1-10-7-11(2)18(17-10)9-15(20)19-13-6-4-3-5-12(13)8-14(19)16(21)22/h7,12-14H,3-6,8-9H2,1-2H3,(H,21,22). The second-order valence-corrected chi connectivity index (χ2v) is 6.59. The van der Waals surface area contributed by atoms with Crippen LogP contribution in [0.4, 0.5) is 0 Å². The fourth-order valence-corrected chi connectivity index (χ4v) is 4.08. The fourth-order valence-electron chi connectivity index (χ4n) is 4.08. The number of rotatable bonds is 3. The number of carboxylic acid groups (broad SMARTS) is 1. The van der Waals surface area contributed by atoms with E-state index in [-0.39, 0.29) is 18.5 Å². The largest absolute Gasteiger partial charge is 0.480 e. The Balaban J connectivity index is 1.81. The van der Waals surface area contributed by atoms with E-state index in [1.165, 1.54) is 0 Å². The quantitative estimate of drug-likeness (QED) is 0.923. The summed E-state index contributed by atoms with van der Waals surface area (Å²) in [7, 11) is 0. The Bertz CT molecular complexity index is 595. The zero-order chi connectivity index (χ0) is 15.9. The van der Waals surface area contributed by atoms with Crippen molar-refractivity contribution in [3.8, 4) is 0 Å². The molecular formula is C16H23N3O3. The third-order valence-corrected chi connectivity index (χ3v) is 5.05. The Kier molecular flexibility index (Phi) is 3.93. The number of fused-ring (bicyclic) bond motifs is 1. The van der Waals surface area contributed by atoms with Crippen molar-refractivity contribution >= 4 is 11.9 Å². The first-order valence-corrected chi connectivity index (χ1v) is 8.02. The van der Waals surface area contributed by atoms with Crippen molar-refractivity contribution in [2.45, 2.75) is 64.6 Å². The Labute approximate surface area is 130 Å². The van der Waals surface area contributed by atoms with Gasteiger partial charge in [-0.2, -0.15) is 5.10 Å². The normalized spacial score (nSPS) is 27.7. The summed E-state index contributed by atoms with van der Waals surface area (Å²) in [6, 6.07) is 1.35. The average molecular weight is 305 g/mol. The van der Waals surface area contributed by atoms with E-state index in [9.17, 15) is 14.7 Å². The molecule has 6 heteroatoms. The van der Waals surface area contributed by atoms with Crippen LogP contribution in [0.5, 0.6) is 0 Å². The first kappa shape index (κ1) is 15.1. The molecule has 120 valence electrons. The van der Waals surface area contributed by atoms with Crippen molar-refractivity contribution in [2.24, 2.45) is 5.92 Å². The van der Waals surface area contributed by atoms with Gasteiger partial charge in [-0.15, -0.1) is 0 Å². The lowest BCUT2D eigenvalue weighted by Crippen LogP contribution is -2.47. The van der Waals surface area contributed by atoms with Crippen LogP contribution in [-0.2, 0) is 16.1 Å². The van der Waals surface area contributed by atoms with E-state index in [4.69, 9.17) is 0 Å². The summed E-state index contributed by atoms with van der Waals surface area (Å²) in [5.74, 6) is -0.650. The van der Waals surface area contributed by atoms with Crippen LogP contribution in [0.15, 0.2) is 6.07 Å². The van der Waals surface area contributed by atoms with E-state index in [1.807, 2.05) is 19.9 Å². The molecule has 1 amide bonds. The van der Waals surface area contributed by atoms with Crippen LogP contribution in [0.25, 0.3) is 0 Å². The fraction of sp³-hybridized carbons (Fsp3) is 0.688. The minimum Gasteiger partial charge on any atom is -0.480 e. The summed E-state index contributed by atoms with van der Waals surface area (Å²) in [4.78, 5) is 26.0. The Morgan fingerprint density at radius 3 is 2.68 bits per heavy atom. The lowest BCUT2D eigenvalue weighted by Gasteiger charge is -2.33. The highest BCUT2D eigenvalue weighted by Gasteiger charge is 2.47. The molecule has 0 radical (unpaired) electrons. The van der Waals surface area contributed by atoms with Gasteiger partial charge in [0.1, 0.15) is 12.6 Å². The molecule has 1 saturated heterocycles. The summed E-state index contributed by atoms with van der Waals surface area (Å²) in [5, 5.41) is 13.8. The molecule has 2 heterocycles. The predicted molar refractivity (Wildman–Crippen MR) is 80.3 cm³/mol. The molecule has 6 nitrogen and oxygen atoms in total. The third kappa shape index (κ3) is 2.62. The van der Waals surface area contributed by atoms with Crippen LogP contribution >= 0.6 is 0 Å². The van der Waals surface area contributed by atoms with E-state index >= 15 is 0 Å². The monoisotopic (exact) mass is 305 g/mol. The van der Waals surface area contributed by atoms with Crippen LogP contribution in [0.1, 0.15) is 43.5 Å². The van der Waals surface area contributed by atoms with Crippen molar-refractivity contribution in [1.29, 1.82) is 0 Å². The van der Waals surface area contributed by atoms with Crippen LogP contribution in [0.3, 0.4) is 0 Å². The third-order valence-electron chi connectivity index (χ3n) is 5.05. The van der Waals surface area contributed by atoms with Crippen molar-refractivity contribution < 1.29 is 14.7 Å². The van der Waals surface area contributed by atoms with Crippen LogP contribution in [0.2, 0.25) is 0 Å². The molecular weight excluding hydrogens is 282 g/mol. The van der Waals surface area contributed by atoms with Crippen LogP contribution in [0, 0.1) is 19.8 Å². The van der Waals surface area contributed by atoms with E-state index in [0.29, 0.717) is 12.3 Å². The Hall–Kier alpha value is -1.85. The molecule has 0 aromatic carbocycles. The zero-order valence-corrected chi connectivity index (χ0v) is 13.2. The van der Waals surface area contributed by atoms with Crippen LogP contribution < -0.4 is 0 Å².